The molecule has 5 rings (SSSR count). The maximum atomic E-state index is 13.3. The third kappa shape index (κ3) is 1.79. The Kier molecular flexibility index (Phi) is 2.86. The molecular formula is C18H20N4O4. The molecule has 0 aromatic carbocycles. The van der Waals surface area contributed by atoms with Crippen LogP contribution < -0.4 is 5.73 Å². The van der Waals surface area contributed by atoms with Crippen molar-refractivity contribution in [3.8, 4) is 0 Å². The van der Waals surface area contributed by atoms with Gasteiger partial charge in [0.15, 0.2) is 0 Å². The maximum absolute atomic E-state index is 13.3. The predicted molar refractivity (Wildman–Crippen MR) is 90.6 cm³/mol. The molecule has 1 aromatic rings. The van der Waals surface area contributed by atoms with Crippen LogP contribution in [-0.2, 0) is 17.9 Å². The number of fused-ring (bicyclic) bond motifs is 5. The highest BCUT2D eigenvalue weighted by molar-refractivity contribution is 6.27. The summed E-state index contributed by atoms with van der Waals surface area (Å²) in [5.41, 5.74) is 8.52. The summed E-state index contributed by atoms with van der Waals surface area (Å²) in [5.74, 6) is -0.254. The highest BCUT2D eigenvalue weighted by Crippen LogP contribution is 2.52. The molecule has 1 aliphatic carbocycles. The van der Waals surface area contributed by atoms with Crippen molar-refractivity contribution in [2.75, 3.05) is 13.6 Å². The number of aromatic nitrogens is 1. The first-order valence-corrected chi connectivity index (χ1v) is 8.79. The highest BCUT2D eigenvalue weighted by Gasteiger charge is 2.57. The summed E-state index contributed by atoms with van der Waals surface area (Å²) in [6.07, 6.45) is -0.890. The third-order valence-electron chi connectivity index (χ3n) is 6.15. The molecular weight excluding hydrogens is 336 g/mol. The Labute approximate surface area is 150 Å². The van der Waals surface area contributed by atoms with Crippen molar-refractivity contribution in [3.63, 3.8) is 0 Å². The first-order valence-electron chi connectivity index (χ1n) is 8.79. The zero-order valence-electron chi connectivity index (χ0n) is 14.9. The Morgan fingerprint density at radius 3 is 2.58 bits per heavy atom. The molecule has 2 N–H and O–H groups in total. The maximum Gasteiger partial charge on any atom is 0.404 e. The Balaban J connectivity index is 1.68. The lowest BCUT2D eigenvalue weighted by molar-refractivity contribution is 0.0951. The molecule has 8 heteroatoms. The van der Waals surface area contributed by atoms with E-state index < -0.39 is 6.09 Å². The van der Waals surface area contributed by atoms with Crippen LogP contribution in [0, 0.1) is 0 Å². The number of nitrogens with two attached hydrogens (primary N) is 1. The monoisotopic (exact) mass is 356 g/mol. The van der Waals surface area contributed by atoms with E-state index in [9.17, 15) is 14.4 Å². The summed E-state index contributed by atoms with van der Waals surface area (Å²) >= 11 is 0. The molecule has 4 heterocycles. The number of carbonyl (C=O) groups is 3. The smallest absolute Gasteiger partial charge is 0.404 e. The standard InChI is InChI=1S/C18H20N4O4/c1-7-4-21(7)12-8(2)16(23)15-11(17(12)24)9(6-26-18(19)25)13-14-10(20(14)3)5-22(13)15/h7,10,14H,4-6H2,1-3H3,(H2,19,25). The number of ketones is 2. The number of likely N-dealkylation sites (N-methyl/N-ethyl adjacent to an activating group) is 1. The van der Waals surface area contributed by atoms with Gasteiger partial charge in [-0.15, -0.1) is 0 Å². The number of hydrogen-bond acceptors (Lipinski definition) is 6. The van der Waals surface area contributed by atoms with Crippen molar-refractivity contribution in [3.05, 3.63) is 33.8 Å². The molecule has 4 atom stereocenters. The van der Waals surface area contributed by atoms with Crippen molar-refractivity contribution in [1.82, 2.24) is 14.4 Å². The van der Waals surface area contributed by atoms with Crippen molar-refractivity contribution in [2.45, 2.75) is 45.1 Å². The molecule has 136 valence electrons. The van der Waals surface area contributed by atoms with E-state index in [1.54, 1.807) is 6.92 Å². The van der Waals surface area contributed by atoms with Crippen LogP contribution in [-0.4, -0.2) is 57.7 Å². The summed E-state index contributed by atoms with van der Waals surface area (Å²) in [7, 11) is 2.01. The SMILES string of the molecule is CC1=C(N2CC2C)C(=O)c2c(COC(N)=O)c3n(c2C1=O)CC1C3N1C. The normalized spacial score (nSPS) is 31.0. The molecule has 2 saturated heterocycles. The largest absolute Gasteiger partial charge is 0.445 e. The van der Waals surface area contributed by atoms with Gasteiger partial charge in [0.2, 0.25) is 11.6 Å². The number of allylic oxidation sites excluding steroid dienone is 2. The van der Waals surface area contributed by atoms with Crippen molar-refractivity contribution < 1.29 is 19.1 Å². The fraction of sp³-hybridized carbons (Fsp3) is 0.500. The van der Waals surface area contributed by atoms with Crippen LogP contribution in [0.1, 0.15) is 52.0 Å². The molecule has 0 bridgehead atoms. The van der Waals surface area contributed by atoms with Gasteiger partial charge >= 0.3 is 6.09 Å². The molecule has 26 heavy (non-hydrogen) atoms. The van der Waals surface area contributed by atoms with E-state index in [-0.39, 0.29) is 30.3 Å². The lowest BCUT2D eigenvalue weighted by atomic mass is 9.89. The molecule has 1 aromatic heterocycles. The van der Waals surface area contributed by atoms with Gasteiger partial charge in [0, 0.05) is 42.0 Å². The molecule has 4 unspecified atom stereocenters. The molecule has 8 nitrogen and oxygen atoms in total. The van der Waals surface area contributed by atoms with Gasteiger partial charge in [-0.3, -0.25) is 14.5 Å². The van der Waals surface area contributed by atoms with Crippen LogP contribution in [0.4, 0.5) is 4.79 Å². The number of amides is 1. The van der Waals surface area contributed by atoms with Crippen molar-refractivity contribution in [1.29, 1.82) is 0 Å². The quantitative estimate of drug-likeness (QED) is 0.805. The van der Waals surface area contributed by atoms with Crippen LogP contribution >= 0.6 is 0 Å². The lowest BCUT2D eigenvalue weighted by Gasteiger charge is -2.20. The van der Waals surface area contributed by atoms with Gasteiger partial charge in [0.05, 0.1) is 17.3 Å². The molecule has 0 spiro atoms. The Bertz CT molecular complexity index is 943. The highest BCUT2D eigenvalue weighted by atomic mass is 16.5. The number of nitrogens with zero attached hydrogens (tertiary/aromatic N) is 3. The average molecular weight is 356 g/mol. The van der Waals surface area contributed by atoms with Gasteiger partial charge in [0.1, 0.15) is 12.3 Å². The van der Waals surface area contributed by atoms with E-state index in [2.05, 4.69) is 4.90 Å². The molecule has 2 fully saturated rings. The Morgan fingerprint density at radius 1 is 1.27 bits per heavy atom. The molecule has 0 saturated carbocycles. The number of carbonyl (C=O) groups excluding carboxylic acids is 3. The van der Waals surface area contributed by atoms with Crippen LogP contribution in [0.3, 0.4) is 0 Å². The van der Waals surface area contributed by atoms with Gasteiger partial charge in [-0.25, -0.2) is 4.79 Å². The minimum Gasteiger partial charge on any atom is -0.445 e. The summed E-state index contributed by atoms with van der Waals surface area (Å²) in [6, 6.07) is 0.761. The van der Waals surface area contributed by atoms with Crippen LogP contribution in [0.2, 0.25) is 0 Å². The van der Waals surface area contributed by atoms with Gasteiger partial charge in [-0.05, 0) is 20.9 Å². The second-order valence-corrected chi connectivity index (χ2v) is 7.62. The third-order valence-corrected chi connectivity index (χ3v) is 6.15. The van der Waals surface area contributed by atoms with Crippen LogP contribution in [0.15, 0.2) is 11.3 Å². The number of ether oxygens (including phenoxy) is 1. The molecule has 3 aliphatic heterocycles. The van der Waals surface area contributed by atoms with Gasteiger partial charge in [-0.2, -0.15) is 0 Å². The zero-order valence-corrected chi connectivity index (χ0v) is 14.9. The Morgan fingerprint density at radius 2 is 1.96 bits per heavy atom. The summed E-state index contributed by atoms with van der Waals surface area (Å²) in [5, 5.41) is 0. The predicted octanol–water partition coefficient (Wildman–Crippen LogP) is 0.809. The molecule has 0 radical (unpaired) electrons. The van der Waals surface area contributed by atoms with Crippen LogP contribution in [0.5, 0.6) is 0 Å². The minimum absolute atomic E-state index is 0.0854. The van der Waals surface area contributed by atoms with Gasteiger partial charge < -0.3 is 19.9 Å². The van der Waals surface area contributed by atoms with Gasteiger partial charge in [0.25, 0.3) is 0 Å². The van der Waals surface area contributed by atoms with E-state index in [1.807, 2.05) is 23.4 Å². The Hall–Kier alpha value is -2.61. The molecule has 1 amide bonds. The summed E-state index contributed by atoms with van der Waals surface area (Å²) in [4.78, 5) is 41.7. The summed E-state index contributed by atoms with van der Waals surface area (Å²) in [6.45, 7) is 5.11. The van der Waals surface area contributed by atoms with Crippen molar-refractivity contribution >= 4 is 17.7 Å². The van der Waals surface area contributed by atoms with E-state index in [4.69, 9.17) is 10.5 Å². The zero-order chi connectivity index (χ0) is 18.5. The average Bonchev–Trinajstić information content (AvgIpc) is 3.32. The van der Waals surface area contributed by atoms with E-state index in [0.717, 1.165) is 12.2 Å². The van der Waals surface area contributed by atoms with Gasteiger partial charge in [-0.1, -0.05) is 0 Å². The van der Waals surface area contributed by atoms with Crippen LogP contribution in [0.25, 0.3) is 0 Å². The second kappa shape index (κ2) is 4.76. The van der Waals surface area contributed by atoms with Crippen molar-refractivity contribution in [2.24, 2.45) is 5.73 Å². The number of rotatable bonds is 3. The number of Topliss-reactive ketones (excluding diaryl/α,β-unsaturated/α-hetero) is 2. The fourth-order valence-electron chi connectivity index (χ4n) is 4.65. The summed E-state index contributed by atoms with van der Waals surface area (Å²) < 4.78 is 6.99. The van der Waals surface area contributed by atoms with E-state index >= 15 is 0 Å². The first-order chi connectivity index (χ1) is 12.3. The van der Waals surface area contributed by atoms with E-state index in [0.29, 0.717) is 40.7 Å². The lowest BCUT2D eigenvalue weighted by Crippen LogP contribution is -2.28. The number of hydrogen-bond donors (Lipinski definition) is 1. The fourth-order valence-corrected chi connectivity index (χ4v) is 4.65. The second-order valence-electron chi connectivity index (χ2n) is 7.62. The first kappa shape index (κ1) is 15.6. The molecule has 4 aliphatic rings. The van der Waals surface area contributed by atoms with E-state index in [1.165, 1.54) is 0 Å². The minimum atomic E-state index is -0.890. The number of primary amides is 1. The topological polar surface area (TPSA) is 97.4 Å².